The van der Waals surface area contributed by atoms with Gasteiger partial charge in [0.1, 0.15) is 0 Å². The van der Waals surface area contributed by atoms with Crippen LogP contribution in [0.5, 0.6) is 0 Å². The molecule has 0 amide bonds. The fraction of sp³-hybridized carbons (Fsp3) is 0.897. The number of aliphatic hydroxyl groups is 3. The van der Waals surface area contributed by atoms with Crippen molar-refractivity contribution in [3.05, 3.63) is 11.6 Å². The number of allylic oxidation sites excluding steroid dienone is 2. The molecule has 0 radical (unpaired) electrons. The van der Waals surface area contributed by atoms with Gasteiger partial charge in [-0.25, -0.2) is 0 Å². The molecule has 0 aliphatic heterocycles. The van der Waals surface area contributed by atoms with E-state index in [1.807, 2.05) is 6.92 Å². The van der Waals surface area contributed by atoms with Gasteiger partial charge in [-0.2, -0.15) is 0 Å². The summed E-state index contributed by atoms with van der Waals surface area (Å²) in [4.78, 5) is 12.7. The third-order valence-corrected chi connectivity index (χ3v) is 12.4. The summed E-state index contributed by atoms with van der Waals surface area (Å²) in [6.07, 6.45) is 8.57. The van der Waals surface area contributed by atoms with Crippen LogP contribution in [0, 0.1) is 50.7 Å². The monoisotopic (exact) mass is 474 g/mol. The number of fused-ring (bicyclic) bond motifs is 7. The van der Waals surface area contributed by atoms with E-state index in [0.29, 0.717) is 18.3 Å². The van der Waals surface area contributed by atoms with Gasteiger partial charge in [-0.1, -0.05) is 46.3 Å². The van der Waals surface area contributed by atoms with Crippen LogP contribution in [0.15, 0.2) is 11.6 Å². The zero-order valence-corrected chi connectivity index (χ0v) is 21.8. The number of hydrogen-bond donors (Lipinski definition) is 4. The lowest BCUT2D eigenvalue weighted by Crippen LogP contribution is -2.66. The van der Waals surface area contributed by atoms with Crippen LogP contribution in [0.2, 0.25) is 0 Å². The topological polar surface area (TPSA) is 98.0 Å². The summed E-state index contributed by atoms with van der Waals surface area (Å²) in [5.74, 6) is 0.427. The Hall–Kier alpha value is -0.910. The molecule has 5 rings (SSSR count). The minimum atomic E-state index is -0.898. The third-order valence-electron chi connectivity index (χ3n) is 12.4. The average molecular weight is 475 g/mol. The molecular formula is C29H46O5. The van der Waals surface area contributed by atoms with Crippen LogP contribution in [0.1, 0.15) is 92.4 Å². The first-order valence-electron chi connectivity index (χ1n) is 13.7. The van der Waals surface area contributed by atoms with Crippen LogP contribution in [-0.2, 0) is 4.79 Å². The van der Waals surface area contributed by atoms with Crippen molar-refractivity contribution in [2.24, 2.45) is 50.7 Å². The maximum atomic E-state index is 12.7. The van der Waals surface area contributed by atoms with Crippen LogP contribution >= 0.6 is 0 Å². The van der Waals surface area contributed by atoms with Crippen molar-refractivity contribution in [2.45, 2.75) is 105 Å². The van der Waals surface area contributed by atoms with Gasteiger partial charge in [-0.15, -0.1) is 0 Å². The summed E-state index contributed by atoms with van der Waals surface area (Å²) < 4.78 is 0. The first-order chi connectivity index (χ1) is 15.8. The summed E-state index contributed by atoms with van der Waals surface area (Å²) in [6, 6.07) is 0. The highest BCUT2D eigenvalue weighted by Gasteiger charge is 2.67. The van der Waals surface area contributed by atoms with E-state index >= 15 is 0 Å². The summed E-state index contributed by atoms with van der Waals surface area (Å²) in [6.45, 7) is 11.2. The zero-order chi connectivity index (χ0) is 24.9. The number of aliphatic carboxylic acids is 1. The van der Waals surface area contributed by atoms with Gasteiger partial charge in [-0.3, -0.25) is 4.79 Å². The van der Waals surface area contributed by atoms with Crippen LogP contribution < -0.4 is 0 Å². The Morgan fingerprint density at radius 2 is 1.62 bits per heavy atom. The van der Waals surface area contributed by atoms with Crippen LogP contribution in [-0.4, -0.2) is 45.2 Å². The van der Waals surface area contributed by atoms with Gasteiger partial charge in [0.15, 0.2) is 0 Å². The Balaban J connectivity index is 1.56. The molecule has 4 N–H and O–H groups in total. The Morgan fingerprint density at radius 3 is 2.26 bits per heavy atom. The van der Waals surface area contributed by atoms with E-state index in [4.69, 9.17) is 0 Å². The number of carbonyl (C=O) groups is 1. The SMILES string of the molecule is CC1(C)CC[C@]2(C(=O)O)CC[C@@H]3C(=CC[C@@H]4[C@@]5(C)C[C@@H](O)[C@H](O)[C@@](C)(CO)[C@@H]5CC[C@]43C)[C@@H]2C1. The molecule has 5 aliphatic rings. The first-order valence-corrected chi connectivity index (χ1v) is 13.7. The summed E-state index contributed by atoms with van der Waals surface area (Å²) in [5.41, 5.74) is 0.167. The molecule has 0 unspecified atom stereocenters. The van der Waals surface area contributed by atoms with Crippen molar-refractivity contribution in [3.8, 4) is 0 Å². The molecule has 5 nitrogen and oxygen atoms in total. The molecule has 34 heavy (non-hydrogen) atoms. The first kappa shape index (κ1) is 24.8. The van der Waals surface area contributed by atoms with Gasteiger partial charge in [0.05, 0.1) is 24.2 Å². The van der Waals surface area contributed by atoms with E-state index in [-0.39, 0.29) is 34.7 Å². The van der Waals surface area contributed by atoms with Gasteiger partial charge in [0.25, 0.3) is 0 Å². The lowest BCUT2D eigenvalue weighted by atomic mass is 9.36. The molecule has 4 saturated carbocycles. The molecule has 10 atom stereocenters. The Labute approximate surface area is 205 Å². The molecule has 5 aliphatic carbocycles. The summed E-state index contributed by atoms with van der Waals surface area (Å²) in [7, 11) is 0. The number of aliphatic hydroxyl groups excluding tert-OH is 3. The molecule has 0 bridgehead atoms. The molecule has 0 aromatic carbocycles. The van der Waals surface area contributed by atoms with Crippen molar-refractivity contribution in [3.63, 3.8) is 0 Å². The molecule has 0 saturated heterocycles. The van der Waals surface area contributed by atoms with Gasteiger partial charge in [-0.05, 0) is 97.7 Å². The Morgan fingerprint density at radius 1 is 0.912 bits per heavy atom. The lowest BCUT2D eigenvalue weighted by Gasteiger charge is -2.68. The fourth-order valence-corrected chi connectivity index (χ4v) is 10.4. The maximum absolute atomic E-state index is 12.7. The summed E-state index contributed by atoms with van der Waals surface area (Å²) in [5, 5.41) is 42.6. The third kappa shape index (κ3) is 3.05. The standard InChI is InChI=1S/C29H46O5/c1-25(2)12-13-29(24(33)34)11-8-18-17(19(29)14-25)6-7-21-26(18,3)10-9-22-27(21,4)15-20(31)23(32)28(22,5)16-30/h6,18-23,30-32H,7-16H2,1-5H3,(H,33,34)/t18-,19+,20-,21+,22-,23+,26+,27-,28+,29-/m1/s1. The highest BCUT2D eigenvalue weighted by atomic mass is 16.4. The predicted molar refractivity (Wildman–Crippen MR) is 131 cm³/mol. The number of hydrogen-bond acceptors (Lipinski definition) is 4. The van der Waals surface area contributed by atoms with Gasteiger partial charge >= 0.3 is 5.97 Å². The second-order valence-electron chi connectivity index (χ2n) is 14.4. The molecule has 4 fully saturated rings. The van der Waals surface area contributed by atoms with Crippen molar-refractivity contribution in [1.82, 2.24) is 0 Å². The van der Waals surface area contributed by atoms with Crippen molar-refractivity contribution in [1.29, 1.82) is 0 Å². The quantitative estimate of drug-likeness (QED) is 0.432. The number of carboxylic acids is 1. The van der Waals surface area contributed by atoms with Crippen LogP contribution in [0.25, 0.3) is 0 Å². The maximum Gasteiger partial charge on any atom is 0.310 e. The molecule has 0 heterocycles. The smallest absolute Gasteiger partial charge is 0.310 e. The minimum absolute atomic E-state index is 0.0555. The highest BCUT2D eigenvalue weighted by Crippen LogP contribution is 2.72. The van der Waals surface area contributed by atoms with E-state index in [2.05, 4.69) is 33.8 Å². The van der Waals surface area contributed by atoms with Crippen molar-refractivity contribution in [2.75, 3.05) is 6.61 Å². The van der Waals surface area contributed by atoms with E-state index < -0.39 is 29.0 Å². The average Bonchev–Trinajstić information content (AvgIpc) is 2.76. The second-order valence-corrected chi connectivity index (χ2v) is 14.4. The van der Waals surface area contributed by atoms with E-state index in [0.717, 1.165) is 51.4 Å². The predicted octanol–water partition coefficient (Wildman–Crippen LogP) is 4.79. The van der Waals surface area contributed by atoms with E-state index in [9.17, 15) is 25.2 Å². The summed E-state index contributed by atoms with van der Waals surface area (Å²) >= 11 is 0. The molecule has 0 aromatic rings. The van der Waals surface area contributed by atoms with E-state index in [1.54, 1.807) is 0 Å². The highest BCUT2D eigenvalue weighted by molar-refractivity contribution is 5.76. The molecule has 192 valence electrons. The minimum Gasteiger partial charge on any atom is -0.481 e. The van der Waals surface area contributed by atoms with Gasteiger partial charge < -0.3 is 20.4 Å². The Kier molecular flexibility index (Phi) is 5.50. The van der Waals surface area contributed by atoms with Crippen LogP contribution in [0.4, 0.5) is 0 Å². The molecular weight excluding hydrogens is 428 g/mol. The second kappa shape index (κ2) is 7.55. The fourth-order valence-electron chi connectivity index (χ4n) is 10.4. The zero-order valence-electron chi connectivity index (χ0n) is 21.8. The largest absolute Gasteiger partial charge is 0.481 e. The normalized spacial score (nSPS) is 54.1. The van der Waals surface area contributed by atoms with Gasteiger partial charge in [0.2, 0.25) is 0 Å². The molecule has 5 heteroatoms. The lowest BCUT2D eigenvalue weighted by molar-refractivity contribution is -0.234. The van der Waals surface area contributed by atoms with Gasteiger partial charge in [0, 0.05) is 5.41 Å². The molecule has 0 aromatic heterocycles. The van der Waals surface area contributed by atoms with Crippen LogP contribution in [0.3, 0.4) is 0 Å². The van der Waals surface area contributed by atoms with Crippen molar-refractivity contribution >= 4 is 5.97 Å². The van der Waals surface area contributed by atoms with Crippen molar-refractivity contribution < 1.29 is 25.2 Å². The molecule has 0 spiro atoms. The van der Waals surface area contributed by atoms with E-state index in [1.165, 1.54) is 5.57 Å². The number of rotatable bonds is 2. The number of carboxylic acid groups (broad SMARTS) is 1. The Bertz CT molecular complexity index is 895.